The van der Waals surface area contributed by atoms with Gasteiger partial charge in [0.1, 0.15) is 5.75 Å². The van der Waals surface area contributed by atoms with E-state index in [1.165, 1.54) is 6.07 Å². The van der Waals surface area contributed by atoms with Crippen LogP contribution in [0.5, 0.6) is 5.75 Å². The molecule has 1 N–H and O–H groups in total. The van der Waals surface area contributed by atoms with Crippen molar-refractivity contribution in [3.63, 3.8) is 0 Å². The van der Waals surface area contributed by atoms with E-state index in [0.717, 1.165) is 10.6 Å². The molecule has 6 nitrogen and oxygen atoms in total. The average Bonchev–Trinajstić information content (AvgIpc) is 2.55. The van der Waals surface area contributed by atoms with Crippen molar-refractivity contribution >= 4 is 50.5 Å². The van der Waals surface area contributed by atoms with Crippen molar-refractivity contribution in [2.75, 3.05) is 22.4 Å². The Morgan fingerprint density at radius 1 is 1.24 bits per heavy atom. The van der Waals surface area contributed by atoms with Crippen molar-refractivity contribution < 1.29 is 17.9 Å². The van der Waals surface area contributed by atoms with Crippen LogP contribution in [0.1, 0.15) is 0 Å². The lowest BCUT2D eigenvalue weighted by atomic mass is 10.2. The number of anilines is 2. The standard InChI is InChI=1S/C16H14Cl2N2O4S/c1-25(22,23)20-9-15(24-14-5-3-2-4-13(14)20)16(21)19-12-7-6-10(17)8-11(12)18/h2-8,15H,9H2,1H3,(H,19,21)/t15-/m0/s1. The SMILES string of the molecule is CS(=O)(=O)N1C[C@@H](C(=O)Nc2ccc(Cl)cc2Cl)Oc2ccccc21. The molecule has 1 heterocycles. The maximum absolute atomic E-state index is 12.5. The van der Waals surface area contributed by atoms with E-state index in [-0.39, 0.29) is 11.6 Å². The molecule has 0 unspecified atom stereocenters. The van der Waals surface area contributed by atoms with Crippen LogP contribution in [-0.4, -0.2) is 33.2 Å². The fraction of sp³-hybridized carbons (Fsp3) is 0.188. The average molecular weight is 401 g/mol. The number of sulfonamides is 1. The number of amides is 1. The fourth-order valence-corrected chi connectivity index (χ4v) is 3.83. The second-order valence-electron chi connectivity index (χ2n) is 5.48. The Balaban J connectivity index is 1.87. The van der Waals surface area contributed by atoms with Crippen LogP contribution < -0.4 is 14.4 Å². The molecule has 0 saturated heterocycles. The zero-order chi connectivity index (χ0) is 18.2. The highest BCUT2D eigenvalue weighted by atomic mass is 35.5. The highest BCUT2D eigenvalue weighted by Crippen LogP contribution is 2.35. The first-order valence-corrected chi connectivity index (χ1v) is 9.85. The van der Waals surface area contributed by atoms with E-state index in [2.05, 4.69) is 5.32 Å². The van der Waals surface area contributed by atoms with E-state index < -0.39 is 22.0 Å². The highest BCUT2D eigenvalue weighted by molar-refractivity contribution is 7.92. The van der Waals surface area contributed by atoms with Gasteiger partial charge < -0.3 is 10.1 Å². The predicted molar refractivity (Wildman–Crippen MR) is 98.1 cm³/mol. The summed E-state index contributed by atoms with van der Waals surface area (Å²) in [6.45, 7) is -0.132. The van der Waals surface area contributed by atoms with Crippen LogP contribution in [0.25, 0.3) is 0 Å². The van der Waals surface area contributed by atoms with Crippen LogP contribution >= 0.6 is 23.2 Å². The maximum Gasteiger partial charge on any atom is 0.267 e. The van der Waals surface area contributed by atoms with Crippen LogP contribution in [0, 0.1) is 0 Å². The van der Waals surface area contributed by atoms with Gasteiger partial charge in [0.2, 0.25) is 10.0 Å². The molecule has 25 heavy (non-hydrogen) atoms. The molecule has 0 aromatic heterocycles. The van der Waals surface area contributed by atoms with Gasteiger partial charge in [0.25, 0.3) is 5.91 Å². The zero-order valence-corrected chi connectivity index (χ0v) is 15.4. The molecule has 2 aromatic carbocycles. The van der Waals surface area contributed by atoms with Crippen LogP contribution in [0.3, 0.4) is 0 Å². The minimum Gasteiger partial charge on any atom is -0.476 e. The van der Waals surface area contributed by atoms with E-state index in [4.69, 9.17) is 27.9 Å². The van der Waals surface area contributed by atoms with E-state index in [0.29, 0.717) is 22.1 Å². The van der Waals surface area contributed by atoms with Crippen LogP contribution in [0.2, 0.25) is 10.0 Å². The molecule has 1 amide bonds. The normalized spacial score (nSPS) is 16.8. The van der Waals surface area contributed by atoms with Gasteiger partial charge in [-0.1, -0.05) is 35.3 Å². The molecule has 0 spiro atoms. The Hall–Kier alpha value is -1.96. The summed E-state index contributed by atoms with van der Waals surface area (Å²) in [5.41, 5.74) is 0.767. The summed E-state index contributed by atoms with van der Waals surface area (Å²) < 4.78 is 31.0. The molecule has 3 rings (SSSR count). The van der Waals surface area contributed by atoms with Crippen LogP contribution in [-0.2, 0) is 14.8 Å². The van der Waals surface area contributed by atoms with E-state index in [1.807, 2.05) is 0 Å². The molecule has 0 aliphatic carbocycles. The number of fused-ring (bicyclic) bond motifs is 1. The van der Waals surface area contributed by atoms with Gasteiger partial charge in [0.05, 0.1) is 29.2 Å². The molecule has 0 saturated carbocycles. The molecule has 1 aliphatic heterocycles. The first-order valence-electron chi connectivity index (χ1n) is 7.25. The summed E-state index contributed by atoms with van der Waals surface area (Å²) >= 11 is 11.9. The van der Waals surface area contributed by atoms with E-state index in [1.54, 1.807) is 36.4 Å². The minimum atomic E-state index is -3.56. The molecule has 9 heteroatoms. The molecule has 1 aliphatic rings. The third-order valence-electron chi connectivity index (χ3n) is 3.62. The summed E-state index contributed by atoms with van der Waals surface area (Å²) in [5.74, 6) is -0.186. The summed E-state index contributed by atoms with van der Waals surface area (Å²) in [4.78, 5) is 12.5. The number of carbonyl (C=O) groups excluding carboxylic acids is 1. The number of carbonyl (C=O) groups is 1. The predicted octanol–water partition coefficient (Wildman–Crippen LogP) is 3.16. The molecule has 0 bridgehead atoms. The molecule has 2 aromatic rings. The van der Waals surface area contributed by atoms with Crippen molar-refractivity contribution in [2.45, 2.75) is 6.10 Å². The van der Waals surface area contributed by atoms with Gasteiger partial charge in [-0.2, -0.15) is 0 Å². The molecular formula is C16H14Cl2N2O4S. The summed E-state index contributed by atoms with van der Waals surface area (Å²) in [6, 6.07) is 11.3. The number of hydrogen-bond donors (Lipinski definition) is 1. The number of nitrogens with zero attached hydrogens (tertiary/aromatic N) is 1. The Morgan fingerprint density at radius 3 is 2.64 bits per heavy atom. The smallest absolute Gasteiger partial charge is 0.267 e. The van der Waals surface area contributed by atoms with E-state index >= 15 is 0 Å². The lowest BCUT2D eigenvalue weighted by Gasteiger charge is -2.33. The number of nitrogens with one attached hydrogen (secondary N) is 1. The lowest BCUT2D eigenvalue weighted by molar-refractivity contribution is -0.122. The Kier molecular flexibility index (Phi) is 4.81. The number of ether oxygens (including phenoxy) is 1. The Labute approximate surface area is 155 Å². The molecular weight excluding hydrogens is 387 g/mol. The fourth-order valence-electron chi connectivity index (χ4n) is 2.46. The minimum absolute atomic E-state index is 0.132. The van der Waals surface area contributed by atoms with Crippen molar-refractivity contribution in [2.24, 2.45) is 0 Å². The Morgan fingerprint density at radius 2 is 1.96 bits per heavy atom. The number of hydrogen-bond acceptors (Lipinski definition) is 4. The lowest BCUT2D eigenvalue weighted by Crippen LogP contribution is -2.48. The van der Waals surface area contributed by atoms with Gasteiger partial charge in [0.15, 0.2) is 6.10 Å². The monoisotopic (exact) mass is 400 g/mol. The van der Waals surface area contributed by atoms with Crippen molar-refractivity contribution in [1.29, 1.82) is 0 Å². The third kappa shape index (κ3) is 3.84. The van der Waals surface area contributed by atoms with Crippen molar-refractivity contribution in [1.82, 2.24) is 0 Å². The Bertz CT molecular complexity index is 933. The van der Waals surface area contributed by atoms with Gasteiger partial charge in [-0.15, -0.1) is 0 Å². The number of rotatable bonds is 3. The van der Waals surface area contributed by atoms with Crippen molar-refractivity contribution in [3.05, 3.63) is 52.5 Å². The number of benzene rings is 2. The second kappa shape index (κ2) is 6.74. The van der Waals surface area contributed by atoms with E-state index in [9.17, 15) is 13.2 Å². The van der Waals surface area contributed by atoms with Crippen LogP contribution in [0.4, 0.5) is 11.4 Å². The van der Waals surface area contributed by atoms with Crippen LogP contribution in [0.15, 0.2) is 42.5 Å². The van der Waals surface area contributed by atoms with Gasteiger partial charge >= 0.3 is 0 Å². The topological polar surface area (TPSA) is 75.7 Å². The summed E-state index contributed by atoms with van der Waals surface area (Å²) in [7, 11) is -3.56. The van der Waals surface area contributed by atoms with Gasteiger partial charge in [0, 0.05) is 5.02 Å². The van der Waals surface area contributed by atoms with Crippen molar-refractivity contribution in [3.8, 4) is 5.75 Å². The highest BCUT2D eigenvalue weighted by Gasteiger charge is 2.35. The summed E-state index contributed by atoms with van der Waals surface area (Å²) in [6.07, 6.45) is 0.0662. The largest absolute Gasteiger partial charge is 0.476 e. The van der Waals surface area contributed by atoms with Gasteiger partial charge in [-0.05, 0) is 30.3 Å². The molecule has 132 valence electrons. The number of halogens is 2. The summed E-state index contributed by atoms with van der Waals surface area (Å²) in [5, 5.41) is 3.35. The van der Waals surface area contributed by atoms with Gasteiger partial charge in [-0.3, -0.25) is 9.10 Å². The quantitative estimate of drug-likeness (QED) is 0.858. The maximum atomic E-state index is 12.5. The number of para-hydroxylation sites is 2. The first kappa shape index (κ1) is 17.8. The molecule has 1 atom stereocenters. The van der Waals surface area contributed by atoms with Gasteiger partial charge in [-0.25, -0.2) is 8.42 Å². The zero-order valence-electron chi connectivity index (χ0n) is 13.1. The third-order valence-corrected chi connectivity index (χ3v) is 5.31. The first-order chi connectivity index (χ1) is 11.8. The second-order valence-corrected chi connectivity index (χ2v) is 8.23. The molecule has 0 fully saturated rings. The molecule has 0 radical (unpaired) electrons.